The maximum Gasteiger partial charge on any atom is 0.431 e. The molecule has 0 aromatic rings. The van der Waals surface area contributed by atoms with E-state index in [2.05, 4.69) is 66.1 Å². The average molecular weight is 418 g/mol. The molecule has 0 aliphatic rings. The third kappa shape index (κ3) is 45.6. The summed E-state index contributed by atoms with van der Waals surface area (Å²) in [6.45, 7) is 10.4. The average Bonchev–Trinajstić information content (AvgIpc) is 2.67. The number of nitrogens with one attached hydrogen (secondary N) is 2. The number of likely N-dealkylation sites (N-methyl/N-ethyl adjacent to an activating group) is 2. The van der Waals surface area contributed by atoms with Gasteiger partial charge < -0.3 is 31.1 Å². The summed E-state index contributed by atoms with van der Waals surface area (Å²) in [6, 6.07) is 0. The Morgan fingerprint density at radius 3 is 1.28 bits per heavy atom. The zero-order chi connectivity index (χ0) is 22.7. The second kappa shape index (κ2) is 44.2. The van der Waals surface area contributed by atoms with E-state index in [0.717, 1.165) is 0 Å². The Kier molecular flexibility index (Phi) is 68.1. The van der Waals surface area contributed by atoms with Crippen LogP contribution in [0.25, 0.3) is 0 Å². The van der Waals surface area contributed by atoms with Crippen LogP contribution in [0.5, 0.6) is 0 Å². The van der Waals surface area contributed by atoms with Crippen molar-refractivity contribution in [1.29, 1.82) is 0 Å². The molecule has 6 N–H and O–H groups in total. The fourth-order valence-corrected chi connectivity index (χ4v) is 0.767. The lowest BCUT2D eigenvalue weighted by atomic mass is 10.5. The summed E-state index contributed by atoms with van der Waals surface area (Å²) in [6.07, 6.45) is 23.4. The van der Waals surface area contributed by atoms with Crippen LogP contribution < -0.4 is 10.6 Å². The van der Waals surface area contributed by atoms with Gasteiger partial charge in [-0.2, -0.15) is 0 Å². The molecule has 0 saturated heterocycles. The summed E-state index contributed by atoms with van der Waals surface area (Å²) < 4.78 is 8.12. The van der Waals surface area contributed by atoms with Crippen molar-refractivity contribution in [1.82, 2.24) is 10.6 Å². The second-order valence-electron chi connectivity index (χ2n) is 3.65. The van der Waals surface area contributed by atoms with Gasteiger partial charge in [-0.15, -0.1) is 25.7 Å². The van der Waals surface area contributed by atoms with E-state index in [-0.39, 0.29) is 17.6 Å². The van der Waals surface area contributed by atoms with Crippen molar-refractivity contribution in [2.75, 3.05) is 19.7 Å². The quantitative estimate of drug-likeness (QED) is 0.345. The Labute approximate surface area is 173 Å². The minimum absolute atomic E-state index is 0. The Balaban J connectivity index is -0.0000000483. The lowest BCUT2D eigenvalue weighted by Crippen LogP contribution is -2.39. The Morgan fingerprint density at radius 2 is 1.07 bits per heavy atom. The third-order valence-electron chi connectivity index (χ3n) is 1.47. The molecular weight excluding hydrogens is 384 g/mol. The van der Waals surface area contributed by atoms with Gasteiger partial charge in [-0.25, -0.2) is 9.59 Å². The predicted octanol–water partition coefficient (Wildman–Crippen LogP) is -0.792. The van der Waals surface area contributed by atoms with Crippen LogP contribution in [-0.4, -0.2) is 54.4 Å². The van der Waals surface area contributed by atoms with Crippen molar-refractivity contribution in [3.63, 3.8) is 0 Å². The van der Waals surface area contributed by atoms with E-state index >= 15 is 0 Å². The highest BCUT2D eigenvalue weighted by atomic mass is 16.6. The molecule has 0 aliphatic carbocycles. The standard InChI is InChI=1S/C6H12N2O2.C6H6O4.C3H8.2C2H2.2H2O/c1-3-7-5(9)6(10)8-4-2;1-3-9-5(7)6(8)10-4-2;1-3-2;2*1-2;;/h3-4H2,1-2H3,(H,7,9)(H,8,10);1H,4H2,2H3;3H2,1-2H3;2*1-2H;2*1H2. The van der Waals surface area contributed by atoms with Crippen molar-refractivity contribution in [3.8, 4) is 38.2 Å². The van der Waals surface area contributed by atoms with Gasteiger partial charge in [-0.05, 0) is 20.8 Å². The predicted molar refractivity (Wildman–Crippen MR) is 112 cm³/mol. The molecule has 0 aliphatic heterocycles. The zero-order valence-electron chi connectivity index (χ0n) is 17.7. The molecule has 0 heterocycles. The van der Waals surface area contributed by atoms with Gasteiger partial charge in [0.25, 0.3) is 0 Å². The summed E-state index contributed by atoms with van der Waals surface area (Å²) in [5.41, 5.74) is 0. The first-order valence-corrected chi connectivity index (χ1v) is 7.92. The number of carbonyl (C=O) groups is 4. The fourth-order valence-electron chi connectivity index (χ4n) is 0.767. The highest BCUT2D eigenvalue weighted by molar-refractivity contribution is 6.35. The molecule has 10 heteroatoms. The SMILES string of the molecule is C#C.C#C.C#COC(=O)C(=O)OCC.CCC.CCNC(=O)C(=O)NCC.O.O. The van der Waals surface area contributed by atoms with E-state index in [9.17, 15) is 19.2 Å². The molecule has 0 unspecified atom stereocenters. The van der Waals surface area contributed by atoms with E-state index in [1.165, 1.54) is 6.42 Å². The number of amides is 2. The molecule has 2 amide bonds. The summed E-state index contributed by atoms with van der Waals surface area (Å²) in [7, 11) is 0. The zero-order valence-corrected chi connectivity index (χ0v) is 17.7. The smallest absolute Gasteiger partial charge is 0.431 e. The van der Waals surface area contributed by atoms with Crippen molar-refractivity contribution < 1.29 is 39.6 Å². The molecule has 0 saturated carbocycles. The number of carbonyl (C=O) groups excluding carboxylic acids is 4. The molecule has 0 rings (SSSR count). The maximum atomic E-state index is 10.6. The lowest BCUT2D eigenvalue weighted by Gasteiger charge is -2.00. The van der Waals surface area contributed by atoms with E-state index in [0.29, 0.717) is 13.1 Å². The second-order valence-corrected chi connectivity index (χ2v) is 3.65. The van der Waals surface area contributed by atoms with Crippen LogP contribution >= 0.6 is 0 Å². The molecule has 168 valence electrons. The Hall–Kier alpha value is -3.52. The number of hydrogen-bond acceptors (Lipinski definition) is 6. The summed E-state index contributed by atoms with van der Waals surface area (Å²) in [5, 5.41) is 4.76. The molecule has 0 aromatic carbocycles. The van der Waals surface area contributed by atoms with Crippen LogP contribution in [0.3, 0.4) is 0 Å². The number of terminal acetylenes is 3. The molecule has 0 spiro atoms. The molecule has 0 bridgehead atoms. The molecule has 0 aromatic heterocycles. The Bertz CT molecular complexity index is 458. The molecule has 0 radical (unpaired) electrons. The first kappa shape index (κ1) is 44.7. The largest absolute Gasteiger partial charge is 0.458 e. The molecule has 29 heavy (non-hydrogen) atoms. The van der Waals surface area contributed by atoms with Gasteiger partial charge in [-0.1, -0.05) is 26.7 Å². The van der Waals surface area contributed by atoms with E-state index in [1.807, 2.05) is 0 Å². The van der Waals surface area contributed by atoms with E-state index < -0.39 is 23.8 Å². The van der Waals surface area contributed by atoms with Crippen molar-refractivity contribution in [2.45, 2.75) is 41.0 Å². The monoisotopic (exact) mass is 418 g/mol. The summed E-state index contributed by atoms with van der Waals surface area (Å²) in [4.78, 5) is 41.9. The number of ether oxygens (including phenoxy) is 2. The first-order valence-electron chi connectivity index (χ1n) is 7.92. The Morgan fingerprint density at radius 1 is 0.759 bits per heavy atom. The summed E-state index contributed by atoms with van der Waals surface area (Å²) >= 11 is 0. The normalized spacial score (nSPS) is 6.34. The van der Waals surface area contributed by atoms with Gasteiger partial charge in [0.2, 0.25) is 0 Å². The van der Waals surface area contributed by atoms with Crippen molar-refractivity contribution >= 4 is 23.8 Å². The van der Waals surface area contributed by atoms with Crippen molar-refractivity contribution in [3.05, 3.63) is 0 Å². The lowest BCUT2D eigenvalue weighted by molar-refractivity contribution is -0.163. The number of esters is 2. The maximum absolute atomic E-state index is 10.6. The molecule has 0 fully saturated rings. The topological polar surface area (TPSA) is 174 Å². The third-order valence-corrected chi connectivity index (χ3v) is 1.47. The van der Waals surface area contributed by atoms with Gasteiger partial charge >= 0.3 is 23.8 Å². The van der Waals surface area contributed by atoms with Crippen LogP contribution in [0.1, 0.15) is 41.0 Å². The number of hydrogen-bond donors (Lipinski definition) is 2. The van der Waals surface area contributed by atoms with E-state index in [1.54, 1.807) is 26.9 Å². The van der Waals surface area contributed by atoms with Gasteiger partial charge in [0, 0.05) is 13.1 Å². The highest BCUT2D eigenvalue weighted by Gasteiger charge is 2.15. The van der Waals surface area contributed by atoms with E-state index in [4.69, 9.17) is 0 Å². The number of rotatable bonds is 3. The van der Waals surface area contributed by atoms with Crippen LogP contribution in [-0.2, 0) is 28.7 Å². The fraction of sp³-hybridized carbons (Fsp3) is 0.474. The van der Waals surface area contributed by atoms with Gasteiger partial charge in [0.1, 0.15) is 6.11 Å². The van der Waals surface area contributed by atoms with Crippen LogP contribution in [0.2, 0.25) is 0 Å². The van der Waals surface area contributed by atoms with Gasteiger partial charge in [0.15, 0.2) is 0 Å². The molecular formula is C19H34N2O8. The minimum atomic E-state index is -1.16. The highest BCUT2D eigenvalue weighted by Crippen LogP contribution is 1.81. The molecule has 0 atom stereocenters. The van der Waals surface area contributed by atoms with Crippen LogP contribution in [0, 0.1) is 38.2 Å². The molecule has 10 nitrogen and oxygen atoms in total. The van der Waals surface area contributed by atoms with Crippen molar-refractivity contribution in [2.24, 2.45) is 0 Å². The van der Waals surface area contributed by atoms with Crippen LogP contribution in [0.4, 0.5) is 0 Å². The minimum Gasteiger partial charge on any atom is -0.458 e. The first-order chi connectivity index (χ1) is 12.9. The summed E-state index contributed by atoms with van der Waals surface area (Å²) in [5.74, 6) is -3.36. The van der Waals surface area contributed by atoms with Gasteiger partial charge in [0.05, 0.1) is 6.61 Å². The van der Waals surface area contributed by atoms with Gasteiger partial charge in [-0.3, -0.25) is 9.59 Å². The van der Waals surface area contributed by atoms with Crippen LogP contribution in [0.15, 0.2) is 0 Å².